The summed E-state index contributed by atoms with van der Waals surface area (Å²) in [5.74, 6) is -0.926. The minimum atomic E-state index is -0.966. The van der Waals surface area contributed by atoms with Crippen LogP contribution >= 0.6 is 0 Å². The third kappa shape index (κ3) is 4.73. The van der Waals surface area contributed by atoms with Gasteiger partial charge in [-0.05, 0) is 37.1 Å². The Morgan fingerprint density at radius 1 is 1.21 bits per heavy atom. The van der Waals surface area contributed by atoms with Gasteiger partial charge in [0.1, 0.15) is 0 Å². The zero-order valence-corrected chi connectivity index (χ0v) is 11.5. The van der Waals surface area contributed by atoms with Gasteiger partial charge in [0.2, 0.25) is 5.91 Å². The predicted molar refractivity (Wildman–Crippen MR) is 75.3 cm³/mol. The number of nitrogens with one attached hydrogen (secondary N) is 1. The van der Waals surface area contributed by atoms with E-state index in [-0.39, 0.29) is 17.4 Å². The molecular weight excluding hydrogens is 242 g/mol. The summed E-state index contributed by atoms with van der Waals surface area (Å²) in [5, 5.41) is 11.6. The predicted octanol–water partition coefficient (Wildman–Crippen LogP) is 3.54. The number of anilines is 1. The molecule has 0 heterocycles. The van der Waals surface area contributed by atoms with Gasteiger partial charge in [0, 0.05) is 11.6 Å². The Morgan fingerprint density at radius 2 is 1.84 bits per heavy atom. The van der Waals surface area contributed by atoms with Crippen molar-refractivity contribution < 1.29 is 14.7 Å². The number of amides is 1. The first-order valence-corrected chi connectivity index (χ1v) is 6.72. The molecular formula is C15H21NO3. The number of carbonyl (C=O) groups is 2. The molecule has 0 bridgehead atoms. The van der Waals surface area contributed by atoms with Gasteiger partial charge in [-0.15, -0.1) is 0 Å². The Kier molecular flexibility index (Phi) is 6.06. The number of benzene rings is 1. The molecule has 19 heavy (non-hydrogen) atoms. The molecule has 0 spiro atoms. The van der Waals surface area contributed by atoms with E-state index in [2.05, 4.69) is 12.2 Å². The zero-order chi connectivity index (χ0) is 14.3. The van der Waals surface area contributed by atoms with Crippen molar-refractivity contribution in [2.45, 2.75) is 39.5 Å². The molecule has 0 aliphatic carbocycles. The second-order valence-electron chi connectivity index (χ2n) is 4.62. The van der Waals surface area contributed by atoms with Crippen LogP contribution in [0.5, 0.6) is 0 Å². The van der Waals surface area contributed by atoms with E-state index in [0.29, 0.717) is 5.69 Å². The molecule has 104 valence electrons. The van der Waals surface area contributed by atoms with Crippen LogP contribution < -0.4 is 5.32 Å². The molecule has 0 aliphatic heterocycles. The van der Waals surface area contributed by atoms with Gasteiger partial charge < -0.3 is 10.4 Å². The number of hydrogen-bond donors (Lipinski definition) is 2. The van der Waals surface area contributed by atoms with E-state index in [4.69, 9.17) is 5.11 Å². The van der Waals surface area contributed by atoms with Crippen LogP contribution in [-0.2, 0) is 4.79 Å². The molecule has 1 rings (SSSR count). The summed E-state index contributed by atoms with van der Waals surface area (Å²) in [6, 6.07) is 6.22. The molecule has 1 aromatic carbocycles. The largest absolute Gasteiger partial charge is 0.478 e. The smallest absolute Gasteiger partial charge is 0.335 e. The van der Waals surface area contributed by atoms with E-state index in [1.165, 1.54) is 12.1 Å². The van der Waals surface area contributed by atoms with Gasteiger partial charge >= 0.3 is 5.97 Å². The van der Waals surface area contributed by atoms with Crippen LogP contribution in [-0.4, -0.2) is 17.0 Å². The average molecular weight is 263 g/mol. The highest BCUT2D eigenvalue weighted by Gasteiger charge is 2.15. The Labute approximate surface area is 113 Å². The van der Waals surface area contributed by atoms with Gasteiger partial charge in [-0.25, -0.2) is 4.79 Å². The molecule has 0 radical (unpaired) electrons. The fourth-order valence-corrected chi connectivity index (χ4v) is 1.91. The second kappa shape index (κ2) is 7.56. The number of carbonyl (C=O) groups excluding carboxylic acids is 1. The molecule has 1 unspecified atom stereocenters. The highest BCUT2D eigenvalue weighted by molar-refractivity contribution is 5.93. The molecule has 0 saturated carbocycles. The summed E-state index contributed by atoms with van der Waals surface area (Å²) in [4.78, 5) is 22.8. The lowest BCUT2D eigenvalue weighted by Gasteiger charge is -2.14. The van der Waals surface area contributed by atoms with Crippen molar-refractivity contribution in [1.29, 1.82) is 0 Å². The van der Waals surface area contributed by atoms with Gasteiger partial charge in [0.05, 0.1) is 5.56 Å². The fraction of sp³-hybridized carbons (Fsp3) is 0.467. The Balaban J connectivity index is 2.62. The lowest BCUT2D eigenvalue weighted by atomic mass is 9.98. The van der Waals surface area contributed by atoms with Crippen LogP contribution in [0.2, 0.25) is 0 Å². The number of carboxylic acids is 1. The molecule has 4 nitrogen and oxygen atoms in total. The van der Waals surface area contributed by atoms with Crippen molar-refractivity contribution in [3.8, 4) is 0 Å². The molecule has 1 amide bonds. The van der Waals surface area contributed by atoms with Crippen molar-refractivity contribution in [2.24, 2.45) is 5.92 Å². The van der Waals surface area contributed by atoms with E-state index in [0.717, 1.165) is 25.7 Å². The third-order valence-corrected chi connectivity index (χ3v) is 3.17. The molecule has 1 atom stereocenters. The summed E-state index contributed by atoms with van der Waals surface area (Å²) in [5.41, 5.74) is 0.862. The maximum Gasteiger partial charge on any atom is 0.335 e. The molecule has 0 fully saturated rings. The van der Waals surface area contributed by atoms with Crippen LogP contribution in [0.15, 0.2) is 24.3 Å². The monoisotopic (exact) mass is 263 g/mol. The number of carboxylic acid groups (broad SMARTS) is 1. The van der Waals surface area contributed by atoms with Crippen molar-refractivity contribution in [3.05, 3.63) is 29.8 Å². The Bertz CT molecular complexity index is 426. The van der Waals surface area contributed by atoms with Crippen LogP contribution in [0.1, 0.15) is 49.9 Å². The van der Waals surface area contributed by atoms with Crippen LogP contribution in [0, 0.1) is 5.92 Å². The lowest BCUT2D eigenvalue weighted by Crippen LogP contribution is -2.22. The summed E-state index contributed by atoms with van der Waals surface area (Å²) in [6.45, 7) is 4.11. The summed E-state index contributed by atoms with van der Waals surface area (Å²) in [6.07, 6.45) is 3.84. The minimum Gasteiger partial charge on any atom is -0.478 e. The number of unbranched alkanes of at least 4 members (excludes halogenated alkanes) is 1. The van der Waals surface area contributed by atoms with Crippen molar-refractivity contribution in [3.63, 3.8) is 0 Å². The molecule has 0 aromatic heterocycles. The van der Waals surface area contributed by atoms with Gasteiger partial charge in [-0.1, -0.05) is 26.7 Å². The zero-order valence-electron chi connectivity index (χ0n) is 11.5. The van der Waals surface area contributed by atoms with E-state index in [1.807, 2.05) is 6.92 Å². The van der Waals surface area contributed by atoms with Crippen molar-refractivity contribution in [2.75, 3.05) is 5.32 Å². The van der Waals surface area contributed by atoms with Crippen LogP contribution in [0.3, 0.4) is 0 Å². The minimum absolute atomic E-state index is 0.0130. The van der Waals surface area contributed by atoms with E-state index in [1.54, 1.807) is 12.1 Å². The maximum atomic E-state index is 12.0. The average Bonchev–Trinajstić information content (AvgIpc) is 2.40. The summed E-state index contributed by atoms with van der Waals surface area (Å²) in [7, 11) is 0. The normalized spacial score (nSPS) is 11.9. The first kappa shape index (κ1) is 15.2. The number of rotatable bonds is 7. The fourth-order valence-electron chi connectivity index (χ4n) is 1.91. The molecule has 0 aliphatic rings. The highest BCUT2D eigenvalue weighted by Crippen LogP contribution is 2.16. The standard InChI is InChI=1S/C15H21NO3/c1-3-5-6-11(4-2)14(17)16-13-9-7-12(8-10-13)15(18)19/h7-11H,3-6H2,1-2H3,(H,16,17)(H,18,19). The quantitative estimate of drug-likeness (QED) is 0.790. The second-order valence-corrected chi connectivity index (χ2v) is 4.62. The van der Waals surface area contributed by atoms with Gasteiger partial charge in [-0.2, -0.15) is 0 Å². The van der Waals surface area contributed by atoms with Gasteiger partial charge in [0.25, 0.3) is 0 Å². The number of aromatic carboxylic acids is 1. The van der Waals surface area contributed by atoms with E-state index < -0.39 is 5.97 Å². The topological polar surface area (TPSA) is 66.4 Å². The molecule has 1 aromatic rings. The summed E-state index contributed by atoms with van der Waals surface area (Å²) < 4.78 is 0. The van der Waals surface area contributed by atoms with E-state index >= 15 is 0 Å². The Hall–Kier alpha value is -1.84. The SMILES string of the molecule is CCCCC(CC)C(=O)Nc1ccc(C(=O)O)cc1. The van der Waals surface area contributed by atoms with Crippen molar-refractivity contribution in [1.82, 2.24) is 0 Å². The maximum absolute atomic E-state index is 12.0. The first-order valence-electron chi connectivity index (χ1n) is 6.72. The molecule has 2 N–H and O–H groups in total. The van der Waals surface area contributed by atoms with Gasteiger partial charge in [-0.3, -0.25) is 4.79 Å². The summed E-state index contributed by atoms with van der Waals surface area (Å²) >= 11 is 0. The van der Waals surface area contributed by atoms with Crippen LogP contribution in [0.25, 0.3) is 0 Å². The Morgan fingerprint density at radius 3 is 2.32 bits per heavy atom. The van der Waals surface area contributed by atoms with Gasteiger partial charge in [0.15, 0.2) is 0 Å². The van der Waals surface area contributed by atoms with Crippen LogP contribution in [0.4, 0.5) is 5.69 Å². The number of hydrogen-bond acceptors (Lipinski definition) is 2. The molecule has 0 saturated heterocycles. The lowest BCUT2D eigenvalue weighted by molar-refractivity contribution is -0.120. The highest BCUT2D eigenvalue weighted by atomic mass is 16.4. The van der Waals surface area contributed by atoms with Crippen molar-refractivity contribution >= 4 is 17.6 Å². The first-order chi connectivity index (χ1) is 9.08. The molecule has 4 heteroatoms. The van der Waals surface area contributed by atoms with E-state index in [9.17, 15) is 9.59 Å². The third-order valence-electron chi connectivity index (χ3n) is 3.17.